The molecular formula is C25H35NO2S. The van der Waals surface area contributed by atoms with Gasteiger partial charge in [0.1, 0.15) is 0 Å². The van der Waals surface area contributed by atoms with Gasteiger partial charge in [0.05, 0.1) is 4.90 Å². The van der Waals surface area contributed by atoms with Crippen molar-refractivity contribution in [2.75, 3.05) is 0 Å². The van der Waals surface area contributed by atoms with E-state index in [0.29, 0.717) is 10.8 Å². The second kappa shape index (κ2) is 9.73. The van der Waals surface area contributed by atoms with Gasteiger partial charge in [0.2, 0.25) is 10.0 Å². The maximum absolute atomic E-state index is 13.4. The van der Waals surface area contributed by atoms with Crippen molar-refractivity contribution in [3.8, 4) is 0 Å². The SMILES string of the molecule is CC(/C=C/c1ccccc1)NS(=O)(=O)c1c(C(C)C)cc(C(C)C)cc1C(C)C. The summed E-state index contributed by atoms with van der Waals surface area (Å²) >= 11 is 0. The smallest absolute Gasteiger partial charge is 0.207 e. The molecule has 0 saturated carbocycles. The zero-order chi connectivity index (χ0) is 21.8. The Morgan fingerprint density at radius 3 is 1.76 bits per heavy atom. The molecule has 0 bridgehead atoms. The van der Waals surface area contributed by atoms with Gasteiger partial charge in [-0.3, -0.25) is 0 Å². The normalized spacial score (nSPS) is 13.7. The first-order chi connectivity index (χ1) is 13.5. The van der Waals surface area contributed by atoms with Crippen molar-refractivity contribution in [1.82, 2.24) is 4.72 Å². The Balaban J connectivity index is 2.46. The summed E-state index contributed by atoms with van der Waals surface area (Å²) in [6.07, 6.45) is 3.83. The van der Waals surface area contributed by atoms with Crippen molar-refractivity contribution >= 4 is 16.1 Å². The van der Waals surface area contributed by atoms with E-state index in [4.69, 9.17) is 0 Å². The second-order valence-electron chi connectivity index (χ2n) is 8.67. The minimum Gasteiger partial charge on any atom is -0.207 e. The molecule has 0 aliphatic heterocycles. The van der Waals surface area contributed by atoms with E-state index in [1.165, 1.54) is 5.56 Å². The molecule has 0 aromatic heterocycles. The van der Waals surface area contributed by atoms with Crippen molar-refractivity contribution in [1.29, 1.82) is 0 Å². The summed E-state index contributed by atoms with van der Waals surface area (Å²) in [5.41, 5.74) is 4.03. The highest BCUT2D eigenvalue weighted by molar-refractivity contribution is 7.89. The molecule has 0 aliphatic rings. The summed E-state index contributed by atoms with van der Waals surface area (Å²) in [7, 11) is -3.66. The Labute approximate surface area is 177 Å². The van der Waals surface area contributed by atoms with Crippen LogP contribution in [-0.2, 0) is 10.0 Å². The quantitative estimate of drug-likeness (QED) is 0.541. The van der Waals surface area contributed by atoms with Gasteiger partial charge >= 0.3 is 0 Å². The molecule has 0 saturated heterocycles. The fraction of sp³-hybridized carbons (Fsp3) is 0.440. The van der Waals surface area contributed by atoms with Crippen LogP contribution in [-0.4, -0.2) is 14.5 Å². The van der Waals surface area contributed by atoms with Crippen LogP contribution in [0.1, 0.15) is 88.5 Å². The van der Waals surface area contributed by atoms with E-state index in [9.17, 15) is 8.42 Å². The first-order valence-electron chi connectivity index (χ1n) is 10.5. The molecule has 0 heterocycles. The third-order valence-corrected chi connectivity index (χ3v) is 6.76. The minimum atomic E-state index is -3.66. The highest BCUT2D eigenvalue weighted by Crippen LogP contribution is 2.35. The van der Waals surface area contributed by atoms with Crippen LogP contribution in [0.15, 0.2) is 53.4 Å². The van der Waals surface area contributed by atoms with E-state index in [1.807, 2.05) is 49.4 Å². The van der Waals surface area contributed by atoms with E-state index >= 15 is 0 Å². The highest BCUT2D eigenvalue weighted by Gasteiger charge is 2.27. The Morgan fingerprint density at radius 2 is 1.31 bits per heavy atom. The maximum Gasteiger partial charge on any atom is 0.241 e. The number of rotatable bonds is 8. The van der Waals surface area contributed by atoms with Gasteiger partial charge in [-0.25, -0.2) is 13.1 Å². The lowest BCUT2D eigenvalue weighted by molar-refractivity contribution is 0.571. The predicted molar refractivity (Wildman–Crippen MR) is 124 cm³/mol. The van der Waals surface area contributed by atoms with Crippen LogP contribution in [0.4, 0.5) is 0 Å². The minimum absolute atomic E-state index is 0.118. The summed E-state index contributed by atoms with van der Waals surface area (Å²) in [5, 5.41) is 0. The lowest BCUT2D eigenvalue weighted by atomic mass is 9.89. The van der Waals surface area contributed by atoms with Crippen LogP contribution < -0.4 is 4.72 Å². The Bertz CT molecular complexity index is 913. The van der Waals surface area contributed by atoms with Crippen LogP contribution in [0.2, 0.25) is 0 Å². The summed E-state index contributed by atoms with van der Waals surface area (Å²) in [4.78, 5) is 0.451. The molecule has 158 valence electrons. The summed E-state index contributed by atoms with van der Waals surface area (Å²) in [6.45, 7) is 14.4. The second-order valence-corrected chi connectivity index (χ2v) is 10.3. The molecule has 0 radical (unpaired) electrons. The van der Waals surface area contributed by atoms with E-state index in [-0.39, 0.29) is 17.9 Å². The van der Waals surface area contributed by atoms with E-state index in [2.05, 4.69) is 58.4 Å². The van der Waals surface area contributed by atoms with Gasteiger partial charge in [0.25, 0.3) is 0 Å². The standard InChI is InChI=1S/C25H35NO2S/c1-17(2)22-15-23(18(3)4)25(24(16-22)19(5)6)29(27,28)26-20(7)13-14-21-11-9-8-10-12-21/h8-20,26H,1-7H3/b14-13+. The third kappa shape index (κ3) is 6.03. The molecule has 29 heavy (non-hydrogen) atoms. The molecule has 0 fully saturated rings. The van der Waals surface area contributed by atoms with Crippen molar-refractivity contribution < 1.29 is 8.42 Å². The van der Waals surface area contributed by atoms with Crippen LogP contribution in [0.3, 0.4) is 0 Å². The Kier molecular flexibility index (Phi) is 7.84. The molecule has 0 aliphatic carbocycles. The zero-order valence-corrected chi connectivity index (χ0v) is 19.5. The van der Waals surface area contributed by atoms with Crippen LogP contribution >= 0.6 is 0 Å². The van der Waals surface area contributed by atoms with Gasteiger partial charge in [-0.15, -0.1) is 0 Å². The fourth-order valence-electron chi connectivity index (χ4n) is 3.36. The zero-order valence-electron chi connectivity index (χ0n) is 18.7. The number of sulfonamides is 1. The first-order valence-corrected chi connectivity index (χ1v) is 11.9. The van der Waals surface area contributed by atoms with Gasteiger partial charge in [-0.05, 0) is 46.9 Å². The largest absolute Gasteiger partial charge is 0.241 e. The van der Waals surface area contributed by atoms with Gasteiger partial charge in [0, 0.05) is 6.04 Å². The molecule has 2 aromatic carbocycles. The molecule has 3 nitrogen and oxygen atoms in total. The molecule has 2 rings (SSSR count). The number of nitrogens with one attached hydrogen (secondary N) is 1. The van der Waals surface area contributed by atoms with Crippen molar-refractivity contribution in [2.24, 2.45) is 0 Å². The summed E-state index contributed by atoms with van der Waals surface area (Å²) in [5.74, 6) is 0.586. The topological polar surface area (TPSA) is 46.2 Å². The summed E-state index contributed by atoms with van der Waals surface area (Å²) < 4.78 is 29.7. The molecule has 4 heteroatoms. The summed E-state index contributed by atoms with van der Waals surface area (Å²) in [6, 6.07) is 13.7. The number of hydrogen-bond acceptors (Lipinski definition) is 2. The Morgan fingerprint density at radius 1 is 0.793 bits per heavy atom. The first kappa shape index (κ1) is 23.4. The third-order valence-electron chi connectivity index (χ3n) is 5.07. The van der Waals surface area contributed by atoms with Crippen molar-refractivity contribution in [3.63, 3.8) is 0 Å². The fourth-order valence-corrected chi connectivity index (χ4v) is 5.26. The highest BCUT2D eigenvalue weighted by atomic mass is 32.2. The number of benzene rings is 2. The molecule has 1 atom stereocenters. The van der Waals surface area contributed by atoms with Gasteiger partial charge in [-0.2, -0.15) is 0 Å². The van der Waals surface area contributed by atoms with Crippen LogP contribution in [0, 0.1) is 0 Å². The van der Waals surface area contributed by atoms with E-state index in [1.54, 1.807) is 0 Å². The monoisotopic (exact) mass is 413 g/mol. The average molecular weight is 414 g/mol. The molecule has 2 aromatic rings. The van der Waals surface area contributed by atoms with Gasteiger partial charge in [0.15, 0.2) is 0 Å². The van der Waals surface area contributed by atoms with Crippen molar-refractivity contribution in [3.05, 3.63) is 70.8 Å². The molecule has 1 N–H and O–H groups in total. The molecular weight excluding hydrogens is 378 g/mol. The van der Waals surface area contributed by atoms with Crippen molar-refractivity contribution in [2.45, 2.75) is 77.2 Å². The van der Waals surface area contributed by atoms with Crippen LogP contribution in [0.5, 0.6) is 0 Å². The predicted octanol–water partition coefficient (Wildman–Crippen LogP) is 6.44. The van der Waals surface area contributed by atoms with Crippen LogP contribution in [0.25, 0.3) is 6.08 Å². The maximum atomic E-state index is 13.4. The molecule has 1 unspecified atom stereocenters. The Hall–Kier alpha value is -1.91. The lowest BCUT2D eigenvalue weighted by Gasteiger charge is -2.23. The van der Waals surface area contributed by atoms with E-state index < -0.39 is 10.0 Å². The van der Waals surface area contributed by atoms with E-state index in [0.717, 1.165) is 16.7 Å². The van der Waals surface area contributed by atoms with Gasteiger partial charge < -0.3 is 0 Å². The lowest BCUT2D eigenvalue weighted by Crippen LogP contribution is -2.33. The van der Waals surface area contributed by atoms with Gasteiger partial charge in [-0.1, -0.05) is 96.2 Å². The number of hydrogen-bond donors (Lipinski definition) is 1. The molecule has 0 spiro atoms. The molecule has 0 amide bonds. The average Bonchev–Trinajstić information content (AvgIpc) is 2.65.